The molecule has 2 aliphatic rings. The van der Waals surface area contributed by atoms with Crippen LogP contribution >= 0.6 is 0 Å². The summed E-state index contributed by atoms with van der Waals surface area (Å²) >= 11 is 0. The van der Waals surface area contributed by atoms with Crippen LogP contribution in [0.5, 0.6) is 0 Å². The topological polar surface area (TPSA) is 51.1 Å². The van der Waals surface area contributed by atoms with Gasteiger partial charge in [-0.25, -0.2) is 0 Å². The van der Waals surface area contributed by atoms with E-state index in [1.807, 2.05) is 0 Å². The number of likely N-dealkylation sites (tertiary alicyclic amines) is 2. The summed E-state index contributed by atoms with van der Waals surface area (Å²) in [5.41, 5.74) is 0. The van der Waals surface area contributed by atoms with E-state index in [4.69, 9.17) is 4.99 Å². The van der Waals surface area contributed by atoms with Crippen molar-refractivity contribution in [3.63, 3.8) is 0 Å². The second-order valence-corrected chi connectivity index (χ2v) is 6.88. The van der Waals surface area contributed by atoms with Crippen LogP contribution in [0.15, 0.2) is 4.99 Å². The molecule has 2 rings (SSSR count). The maximum absolute atomic E-state index is 9.66. The predicted molar refractivity (Wildman–Crippen MR) is 92.2 cm³/mol. The highest BCUT2D eigenvalue weighted by Crippen LogP contribution is 2.15. The van der Waals surface area contributed by atoms with Crippen LogP contribution in [0.25, 0.3) is 0 Å². The summed E-state index contributed by atoms with van der Waals surface area (Å²) in [7, 11) is 0. The number of β-amino-alcohol motifs (C(OH)–C–C–N with tert-alkyl or cyclic N) is 1. The maximum atomic E-state index is 9.66. The number of hydrogen-bond donors (Lipinski definition) is 2. The van der Waals surface area contributed by atoms with Gasteiger partial charge in [-0.2, -0.15) is 0 Å². The van der Waals surface area contributed by atoms with E-state index >= 15 is 0 Å². The fraction of sp³-hybridized carbons (Fsp3) is 0.941. The minimum absolute atomic E-state index is 0.190. The molecule has 5 heteroatoms. The summed E-state index contributed by atoms with van der Waals surface area (Å²) < 4.78 is 0. The molecule has 128 valence electrons. The van der Waals surface area contributed by atoms with Crippen molar-refractivity contribution >= 4 is 5.96 Å². The lowest BCUT2D eigenvalue weighted by atomic mass is 10.0. The van der Waals surface area contributed by atoms with E-state index in [2.05, 4.69) is 29.0 Å². The van der Waals surface area contributed by atoms with Gasteiger partial charge in [-0.3, -0.25) is 4.99 Å². The number of nitrogens with one attached hydrogen (secondary N) is 1. The second-order valence-electron chi connectivity index (χ2n) is 6.88. The summed E-state index contributed by atoms with van der Waals surface area (Å²) in [5.74, 6) is 1.85. The molecule has 2 N–H and O–H groups in total. The van der Waals surface area contributed by atoms with Crippen molar-refractivity contribution in [2.24, 2.45) is 10.9 Å². The van der Waals surface area contributed by atoms with Gasteiger partial charge in [0.2, 0.25) is 0 Å². The fourth-order valence-electron chi connectivity index (χ4n) is 3.48. The van der Waals surface area contributed by atoms with Gasteiger partial charge in [0.1, 0.15) is 0 Å². The molecule has 2 saturated heterocycles. The molecule has 22 heavy (non-hydrogen) atoms. The predicted octanol–water partition coefficient (Wildman–Crippen LogP) is 1.53. The summed E-state index contributed by atoms with van der Waals surface area (Å²) in [6.07, 6.45) is 5.81. The van der Waals surface area contributed by atoms with Crippen molar-refractivity contribution < 1.29 is 5.11 Å². The summed E-state index contributed by atoms with van der Waals surface area (Å²) in [6, 6.07) is 0. The molecule has 0 aliphatic carbocycles. The molecule has 1 unspecified atom stereocenters. The van der Waals surface area contributed by atoms with Crippen LogP contribution in [-0.2, 0) is 0 Å². The molecule has 2 atom stereocenters. The van der Waals surface area contributed by atoms with E-state index in [-0.39, 0.29) is 6.10 Å². The Hall–Kier alpha value is -0.810. The van der Waals surface area contributed by atoms with Crippen LogP contribution in [0, 0.1) is 5.92 Å². The van der Waals surface area contributed by atoms with Crippen molar-refractivity contribution in [2.45, 2.75) is 52.1 Å². The molecule has 0 aromatic heterocycles. The summed E-state index contributed by atoms with van der Waals surface area (Å²) in [4.78, 5) is 9.52. The van der Waals surface area contributed by atoms with Gasteiger partial charge in [-0.05, 0) is 58.0 Å². The van der Waals surface area contributed by atoms with Gasteiger partial charge in [0.25, 0.3) is 0 Å². The highest BCUT2D eigenvalue weighted by atomic mass is 16.3. The number of aliphatic imine (C=N–C) groups is 1. The van der Waals surface area contributed by atoms with Gasteiger partial charge in [0, 0.05) is 32.7 Å². The van der Waals surface area contributed by atoms with Crippen molar-refractivity contribution in [3.05, 3.63) is 0 Å². The van der Waals surface area contributed by atoms with Crippen LogP contribution < -0.4 is 5.32 Å². The number of hydrogen-bond acceptors (Lipinski definition) is 3. The van der Waals surface area contributed by atoms with Crippen molar-refractivity contribution in [3.8, 4) is 0 Å². The number of aliphatic hydroxyl groups is 1. The van der Waals surface area contributed by atoms with Gasteiger partial charge in [0.15, 0.2) is 5.96 Å². The lowest BCUT2D eigenvalue weighted by Gasteiger charge is -2.30. The molecule has 2 fully saturated rings. The number of guanidine groups is 1. The Morgan fingerprint density at radius 3 is 2.77 bits per heavy atom. The standard InChI is InChI=1S/C17H34N4O/c1-3-18-17(21-12-8-16(22)14-21)19-9-4-5-10-20-11-6-7-15(2)13-20/h15-16,22H,3-14H2,1-2H3,(H,18,19)/t15?,16-/m1/s1. The number of aliphatic hydroxyl groups excluding tert-OH is 1. The smallest absolute Gasteiger partial charge is 0.194 e. The highest BCUT2D eigenvalue weighted by Gasteiger charge is 2.22. The molecular formula is C17H34N4O. The van der Waals surface area contributed by atoms with Gasteiger partial charge in [-0.1, -0.05) is 6.92 Å². The molecule has 0 bridgehead atoms. The first kappa shape index (κ1) is 17.5. The average Bonchev–Trinajstić information content (AvgIpc) is 2.92. The first-order chi connectivity index (χ1) is 10.7. The molecular weight excluding hydrogens is 276 g/mol. The third-order valence-corrected chi connectivity index (χ3v) is 4.68. The summed E-state index contributed by atoms with van der Waals surface area (Å²) in [5, 5.41) is 13.0. The Morgan fingerprint density at radius 1 is 1.23 bits per heavy atom. The van der Waals surface area contributed by atoms with Crippen molar-refractivity contribution in [1.29, 1.82) is 0 Å². The second kappa shape index (κ2) is 9.36. The molecule has 0 radical (unpaired) electrons. The SMILES string of the molecule is CCNC(=NCCCCN1CCCC(C)C1)N1CC[C@@H](O)C1. The van der Waals surface area contributed by atoms with Crippen LogP contribution in [-0.4, -0.2) is 72.8 Å². The van der Waals surface area contributed by atoms with Crippen molar-refractivity contribution in [1.82, 2.24) is 15.1 Å². The minimum atomic E-state index is -0.190. The highest BCUT2D eigenvalue weighted by molar-refractivity contribution is 5.80. The van der Waals surface area contributed by atoms with E-state index in [9.17, 15) is 5.11 Å². The van der Waals surface area contributed by atoms with Crippen molar-refractivity contribution in [2.75, 3.05) is 45.8 Å². The van der Waals surface area contributed by atoms with Crippen LogP contribution in [0.1, 0.15) is 46.0 Å². The molecule has 2 heterocycles. The maximum Gasteiger partial charge on any atom is 0.194 e. The van der Waals surface area contributed by atoms with E-state index in [1.54, 1.807) is 0 Å². The zero-order chi connectivity index (χ0) is 15.8. The summed E-state index contributed by atoms with van der Waals surface area (Å²) in [6.45, 7) is 11.6. The van der Waals surface area contributed by atoms with Crippen LogP contribution in [0.2, 0.25) is 0 Å². The number of rotatable bonds is 6. The van der Waals surface area contributed by atoms with E-state index in [0.717, 1.165) is 50.9 Å². The van der Waals surface area contributed by atoms with Gasteiger partial charge >= 0.3 is 0 Å². The normalized spacial score (nSPS) is 27.4. The molecule has 0 aromatic rings. The lowest BCUT2D eigenvalue weighted by Crippen LogP contribution is -2.40. The molecule has 0 aromatic carbocycles. The molecule has 2 aliphatic heterocycles. The molecule has 0 saturated carbocycles. The Morgan fingerprint density at radius 2 is 2.09 bits per heavy atom. The zero-order valence-corrected chi connectivity index (χ0v) is 14.4. The number of piperidine rings is 1. The molecule has 0 spiro atoms. The Balaban J connectivity index is 1.65. The van der Waals surface area contributed by atoms with E-state index in [0.29, 0.717) is 0 Å². The Bertz CT molecular complexity index is 348. The monoisotopic (exact) mass is 310 g/mol. The van der Waals surface area contributed by atoms with E-state index in [1.165, 1.54) is 38.9 Å². The average molecular weight is 310 g/mol. The van der Waals surface area contributed by atoms with Crippen LogP contribution in [0.3, 0.4) is 0 Å². The van der Waals surface area contributed by atoms with Gasteiger partial charge in [-0.15, -0.1) is 0 Å². The number of nitrogens with zero attached hydrogens (tertiary/aromatic N) is 3. The van der Waals surface area contributed by atoms with E-state index < -0.39 is 0 Å². The third-order valence-electron chi connectivity index (χ3n) is 4.68. The zero-order valence-electron chi connectivity index (χ0n) is 14.4. The quantitative estimate of drug-likeness (QED) is 0.444. The molecule has 5 nitrogen and oxygen atoms in total. The first-order valence-corrected chi connectivity index (χ1v) is 9.12. The fourth-order valence-corrected chi connectivity index (χ4v) is 3.48. The van der Waals surface area contributed by atoms with Gasteiger partial charge in [0.05, 0.1) is 6.10 Å². The number of unbranched alkanes of at least 4 members (excludes halogenated alkanes) is 1. The van der Waals surface area contributed by atoms with Gasteiger partial charge < -0.3 is 20.2 Å². The third kappa shape index (κ3) is 5.76. The Labute approximate surface area is 135 Å². The Kier molecular flexibility index (Phi) is 7.46. The molecule has 0 amide bonds. The largest absolute Gasteiger partial charge is 0.391 e. The lowest BCUT2D eigenvalue weighted by molar-refractivity contribution is 0.181. The minimum Gasteiger partial charge on any atom is -0.391 e. The van der Waals surface area contributed by atoms with Crippen LogP contribution in [0.4, 0.5) is 0 Å². The first-order valence-electron chi connectivity index (χ1n) is 9.12.